The highest BCUT2D eigenvalue weighted by Crippen LogP contribution is 2.40. The Kier molecular flexibility index (Phi) is 7.19. The van der Waals surface area contributed by atoms with Gasteiger partial charge in [-0.25, -0.2) is 16.8 Å². The van der Waals surface area contributed by atoms with Crippen LogP contribution in [0.2, 0.25) is 0 Å². The zero-order chi connectivity index (χ0) is 29.2. The summed E-state index contributed by atoms with van der Waals surface area (Å²) in [6.45, 7) is 1.92. The van der Waals surface area contributed by atoms with Crippen molar-refractivity contribution in [3.8, 4) is 0 Å². The fourth-order valence-electron chi connectivity index (χ4n) is 8.30. The molecule has 2 heterocycles. The van der Waals surface area contributed by atoms with Gasteiger partial charge in [-0.1, -0.05) is 38.5 Å². The molecule has 4 fully saturated rings. The van der Waals surface area contributed by atoms with E-state index in [9.17, 15) is 26.4 Å². The number of sulfonamides is 2. The van der Waals surface area contributed by atoms with E-state index in [1.807, 2.05) is 0 Å². The van der Waals surface area contributed by atoms with Gasteiger partial charge in [0.15, 0.2) is 11.6 Å². The molecule has 2 saturated carbocycles. The Morgan fingerprint density at radius 1 is 0.500 bits per heavy atom. The number of benzene rings is 2. The van der Waals surface area contributed by atoms with Gasteiger partial charge in [0.25, 0.3) is 0 Å². The molecule has 42 heavy (non-hydrogen) atoms. The van der Waals surface area contributed by atoms with Crippen molar-refractivity contribution >= 4 is 31.6 Å². The van der Waals surface area contributed by atoms with Gasteiger partial charge in [-0.2, -0.15) is 8.61 Å². The lowest BCUT2D eigenvalue weighted by Crippen LogP contribution is -2.44. The Bertz CT molecular complexity index is 1540. The smallest absolute Gasteiger partial charge is 0.243 e. The van der Waals surface area contributed by atoms with Crippen molar-refractivity contribution in [2.24, 2.45) is 23.7 Å². The van der Waals surface area contributed by atoms with E-state index in [1.165, 1.54) is 57.9 Å². The summed E-state index contributed by atoms with van der Waals surface area (Å²) in [7, 11) is -7.65. The van der Waals surface area contributed by atoms with Gasteiger partial charge in [0.05, 0.1) is 9.79 Å². The third-order valence-corrected chi connectivity index (χ3v) is 14.5. The summed E-state index contributed by atoms with van der Waals surface area (Å²) in [4.78, 5) is 27.2. The number of hydrogen-bond donors (Lipinski definition) is 0. The number of nitrogens with zero attached hydrogens (tertiary/aromatic N) is 2. The van der Waals surface area contributed by atoms with Gasteiger partial charge in [0.2, 0.25) is 20.0 Å². The maximum absolute atomic E-state index is 13.6. The maximum Gasteiger partial charge on any atom is 0.243 e. The van der Waals surface area contributed by atoms with Crippen LogP contribution in [0.3, 0.4) is 0 Å². The summed E-state index contributed by atoms with van der Waals surface area (Å²) in [6, 6.07) is 8.31. The molecule has 5 aliphatic rings. The fraction of sp³-hybridized carbons (Fsp3) is 0.562. The number of carbonyl (C=O) groups is 2. The van der Waals surface area contributed by atoms with Crippen LogP contribution < -0.4 is 0 Å². The molecular weight excluding hydrogens is 572 g/mol. The highest BCUT2D eigenvalue weighted by Gasteiger charge is 2.40. The molecule has 2 aromatic rings. The van der Waals surface area contributed by atoms with Crippen LogP contribution in [0.15, 0.2) is 46.2 Å². The van der Waals surface area contributed by atoms with Gasteiger partial charge in [-0.05, 0) is 85.8 Å². The molecule has 0 N–H and O–H groups in total. The molecule has 2 aliphatic heterocycles. The summed E-state index contributed by atoms with van der Waals surface area (Å²) in [6.07, 6.45) is 10.8. The van der Waals surface area contributed by atoms with E-state index < -0.39 is 31.6 Å². The lowest BCUT2D eigenvalue weighted by atomic mass is 9.76. The highest BCUT2D eigenvalue weighted by molar-refractivity contribution is 7.89. The van der Waals surface area contributed by atoms with Crippen LogP contribution in [0.4, 0.5) is 0 Å². The van der Waals surface area contributed by atoms with Crippen molar-refractivity contribution in [1.82, 2.24) is 8.61 Å². The summed E-state index contributed by atoms with van der Waals surface area (Å²) >= 11 is 0. The van der Waals surface area contributed by atoms with Crippen LogP contribution >= 0.6 is 0 Å². The average Bonchev–Trinajstić information content (AvgIpc) is 3.02. The molecule has 0 bridgehead atoms. The zero-order valence-corrected chi connectivity index (χ0v) is 25.5. The molecule has 0 unspecified atom stereocenters. The van der Waals surface area contributed by atoms with Gasteiger partial charge in [-0.3, -0.25) is 9.59 Å². The topological polar surface area (TPSA) is 109 Å². The molecule has 0 amide bonds. The van der Waals surface area contributed by atoms with Crippen LogP contribution in [0.5, 0.6) is 0 Å². The lowest BCUT2D eigenvalue weighted by molar-refractivity contribution is 0.0978. The van der Waals surface area contributed by atoms with Crippen LogP contribution in [-0.2, 0) is 20.0 Å². The molecule has 0 aromatic heterocycles. The quantitative estimate of drug-likeness (QED) is 0.417. The summed E-state index contributed by atoms with van der Waals surface area (Å²) in [5.74, 6) is 0.975. The lowest BCUT2D eigenvalue weighted by Gasteiger charge is -2.40. The van der Waals surface area contributed by atoms with E-state index in [0.717, 1.165) is 51.4 Å². The maximum atomic E-state index is 13.6. The predicted octanol–water partition coefficient (Wildman–Crippen LogP) is 4.86. The van der Waals surface area contributed by atoms with Crippen LogP contribution in [0.1, 0.15) is 96.1 Å². The third kappa shape index (κ3) is 4.69. The van der Waals surface area contributed by atoms with Crippen molar-refractivity contribution in [2.75, 3.05) is 26.2 Å². The number of hydrogen-bond acceptors (Lipinski definition) is 6. The van der Waals surface area contributed by atoms with Gasteiger partial charge < -0.3 is 0 Å². The van der Waals surface area contributed by atoms with E-state index in [2.05, 4.69) is 0 Å². The van der Waals surface area contributed by atoms with Gasteiger partial charge in [0, 0.05) is 48.4 Å². The first-order chi connectivity index (χ1) is 20.1. The molecule has 224 valence electrons. The van der Waals surface area contributed by atoms with Gasteiger partial charge in [0.1, 0.15) is 0 Å². The molecule has 4 atom stereocenters. The van der Waals surface area contributed by atoms with E-state index >= 15 is 0 Å². The van der Waals surface area contributed by atoms with Crippen molar-refractivity contribution in [3.63, 3.8) is 0 Å². The van der Waals surface area contributed by atoms with Crippen LogP contribution in [0.25, 0.3) is 0 Å². The minimum absolute atomic E-state index is 0.0189. The molecule has 7 rings (SSSR count). The Balaban J connectivity index is 1.15. The number of fused-ring (bicyclic) bond motifs is 4. The van der Waals surface area contributed by atoms with E-state index in [4.69, 9.17) is 0 Å². The van der Waals surface area contributed by atoms with E-state index in [-0.39, 0.29) is 32.0 Å². The Morgan fingerprint density at radius 3 is 1.29 bits per heavy atom. The Hall–Kier alpha value is -2.40. The van der Waals surface area contributed by atoms with Crippen molar-refractivity contribution in [2.45, 2.75) is 74.0 Å². The average molecular weight is 611 g/mol. The standard InChI is InChI=1S/C32H38N2O6S2/c35-31-28-12-10-26(42(39,40)34-16-14-22-6-2-4-8-24(22)20-34)18-30(28)32(36)27-11-9-25(17-29(27)31)41(37,38)33-15-13-21-5-1-3-7-23(21)19-33/h9-12,17-18,21-24H,1-8,13-16,19-20H2/t21-,22+,23-,24+. The first-order valence-corrected chi connectivity index (χ1v) is 18.4. The molecule has 3 aliphatic carbocycles. The fourth-order valence-corrected chi connectivity index (χ4v) is 11.4. The van der Waals surface area contributed by atoms with Gasteiger partial charge >= 0.3 is 0 Å². The summed E-state index contributed by atoms with van der Waals surface area (Å²) < 4.78 is 57.6. The number of piperidine rings is 2. The van der Waals surface area contributed by atoms with E-state index in [0.29, 0.717) is 49.9 Å². The SMILES string of the molecule is O=C1c2ccc(S(=O)(=O)N3CC[C@@H]4CCCC[C@H]4C3)cc2C(=O)c2ccc(S(=O)(=O)N3CC[C@H]4CCCC[C@@H]4C3)cc21. The van der Waals surface area contributed by atoms with E-state index in [1.54, 1.807) is 0 Å². The molecule has 2 aromatic carbocycles. The molecule has 0 spiro atoms. The zero-order valence-electron chi connectivity index (χ0n) is 23.8. The first-order valence-electron chi connectivity index (χ1n) is 15.5. The third-order valence-electron chi connectivity index (χ3n) is 10.7. The number of carbonyl (C=O) groups excluding carboxylic acids is 2. The molecule has 8 nitrogen and oxygen atoms in total. The summed E-state index contributed by atoms with van der Waals surface area (Å²) in [5, 5.41) is 0. The van der Waals surface area contributed by atoms with Crippen molar-refractivity contribution in [3.05, 3.63) is 58.7 Å². The van der Waals surface area contributed by atoms with Crippen LogP contribution in [0, 0.1) is 23.7 Å². The Labute approximate surface area is 248 Å². The number of ketones is 2. The second kappa shape index (κ2) is 10.6. The second-order valence-corrected chi connectivity index (χ2v) is 16.9. The highest BCUT2D eigenvalue weighted by atomic mass is 32.2. The monoisotopic (exact) mass is 610 g/mol. The largest absolute Gasteiger partial charge is 0.289 e. The van der Waals surface area contributed by atoms with Gasteiger partial charge in [-0.15, -0.1) is 0 Å². The predicted molar refractivity (Wildman–Crippen MR) is 157 cm³/mol. The van der Waals surface area contributed by atoms with Crippen molar-refractivity contribution < 1.29 is 26.4 Å². The molecular formula is C32H38N2O6S2. The molecule has 10 heteroatoms. The second-order valence-electron chi connectivity index (χ2n) is 13.0. The molecule has 2 saturated heterocycles. The normalized spacial score (nSPS) is 28.9. The molecule has 0 radical (unpaired) electrons. The first kappa shape index (κ1) is 28.4. The number of rotatable bonds is 4. The minimum atomic E-state index is -3.83. The summed E-state index contributed by atoms with van der Waals surface area (Å²) in [5.41, 5.74) is 0.317. The minimum Gasteiger partial charge on any atom is -0.289 e. The Morgan fingerprint density at radius 2 is 0.881 bits per heavy atom. The van der Waals surface area contributed by atoms with Crippen LogP contribution in [-0.4, -0.2) is 63.2 Å². The van der Waals surface area contributed by atoms with Crippen molar-refractivity contribution in [1.29, 1.82) is 0 Å².